The van der Waals surface area contributed by atoms with E-state index >= 15 is 0 Å². The molecular weight excluding hydrogens is 360 g/mol. The topological polar surface area (TPSA) is 71.9 Å². The highest BCUT2D eigenvalue weighted by atomic mass is 32.2. The Balaban J connectivity index is 2.11. The summed E-state index contributed by atoms with van der Waals surface area (Å²) < 4.78 is 28.4. The molecule has 0 radical (unpaired) electrons. The number of fused-ring (bicyclic) bond motifs is 5. The number of rotatable bonds is 2. The Morgan fingerprint density at radius 3 is 2.15 bits per heavy atom. The zero-order valence-corrected chi connectivity index (χ0v) is 14.9. The predicted molar refractivity (Wildman–Crippen MR) is 107 cm³/mol. The van der Waals surface area contributed by atoms with E-state index in [2.05, 4.69) is 4.98 Å². The standard InChI is InChI=1S/C21H14N2O3S/c24-21-19-16-11-5-7-13-18(16)23(27(25,26)14-8-2-1-3-9-14)20(19)15-10-4-6-12-17(15)22-21/h1-13H,(H,22,24). The summed E-state index contributed by atoms with van der Waals surface area (Å²) in [7, 11) is -3.89. The van der Waals surface area contributed by atoms with Crippen molar-refractivity contribution in [3.8, 4) is 0 Å². The number of hydrogen-bond acceptors (Lipinski definition) is 3. The van der Waals surface area contributed by atoms with Crippen molar-refractivity contribution in [1.29, 1.82) is 0 Å². The van der Waals surface area contributed by atoms with Gasteiger partial charge in [-0.3, -0.25) is 4.79 Å². The van der Waals surface area contributed by atoms with Crippen LogP contribution in [-0.2, 0) is 10.0 Å². The van der Waals surface area contributed by atoms with Crippen molar-refractivity contribution in [3.63, 3.8) is 0 Å². The molecule has 132 valence electrons. The van der Waals surface area contributed by atoms with Crippen LogP contribution >= 0.6 is 0 Å². The minimum atomic E-state index is -3.89. The molecule has 5 rings (SSSR count). The highest BCUT2D eigenvalue weighted by molar-refractivity contribution is 7.90. The van der Waals surface area contributed by atoms with E-state index in [-0.39, 0.29) is 10.5 Å². The molecule has 0 aliphatic heterocycles. The second-order valence-corrected chi connectivity index (χ2v) is 8.11. The zero-order chi connectivity index (χ0) is 18.6. The van der Waals surface area contributed by atoms with Crippen LogP contribution in [0.2, 0.25) is 0 Å². The largest absolute Gasteiger partial charge is 0.321 e. The number of para-hydroxylation sites is 2. The van der Waals surface area contributed by atoms with Crippen molar-refractivity contribution in [2.75, 3.05) is 0 Å². The molecule has 0 saturated heterocycles. The maximum Gasteiger partial charge on any atom is 0.268 e. The number of benzene rings is 3. The lowest BCUT2D eigenvalue weighted by Gasteiger charge is -2.10. The van der Waals surface area contributed by atoms with Gasteiger partial charge in [-0.1, -0.05) is 54.6 Å². The molecule has 2 heterocycles. The summed E-state index contributed by atoms with van der Waals surface area (Å²) in [5, 5.41) is 1.67. The summed E-state index contributed by atoms with van der Waals surface area (Å²) in [6.45, 7) is 0. The van der Waals surface area contributed by atoms with Gasteiger partial charge in [0.05, 0.1) is 26.8 Å². The molecule has 0 atom stereocenters. The number of hydrogen-bond donors (Lipinski definition) is 1. The van der Waals surface area contributed by atoms with Gasteiger partial charge in [-0.05, 0) is 24.3 Å². The van der Waals surface area contributed by atoms with Gasteiger partial charge in [0.15, 0.2) is 0 Å². The third-order valence-corrected chi connectivity index (χ3v) is 6.50. The number of H-pyrrole nitrogens is 1. The van der Waals surface area contributed by atoms with E-state index in [9.17, 15) is 13.2 Å². The van der Waals surface area contributed by atoms with Crippen LogP contribution in [0.5, 0.6) is 0 Å². The summed E-state index contributed by atoms with van der Waals surface area (Å²) >= 11 is 0. The number of aromatic amines is 1. The molecule has 2 aromatic heterocycles. The number of aromatic nitrogens is 2. The van der Waals surface area contributed by atoms with Crippen molar-refractivity contribution >= 4 is 42.7 Å². The molecule has 5 aromatic rings. The molecule has 0 saturated carbocycles. The van der Waals surface area contributed by atoms with E-state index in [0.29, 0.717) is 32.7 Å². The maximum absolute atomic E-state index is 13.5. The first-order chi connectivity index (χ1) is 13.1. The van der Waals surface area contributed by atoms with Crippen LogP contribution in [-0.4, -0.2) is 17.4 Å². The van der Waals surface area contributed by atoms with E-state index in [1.807, 2.05) is 18.2 Å². The van der Waals surface area contributed by atoms with Gasteiger partial charge < -0.3 is 4.98 Å². The predicted octanol–water partition coefficient (Wildman–Crippen LogP) is 3.87. The third kappa shape index (κ3) is 2.17. The smallest absolute Gasteiger partial charge is 0.268 e. The van der Waals surface area contributed by atoms with Gasteiger partial charge in [-0.15, -0.1) is 0 Å². The molecule has 3 aromatic carbocycles. The lowest BCUT2D eigenvalue weighted by Crippen LogP contribution is -2.14. The Hall–Kier alpha value is -3.38. The van der Waals surface area contributed by atoms with E-state index in [1.54, 1.807) is 60.7 Å². The molecule has 0 amide bonds. The minimum absolute atomic E-state index is 0.178. The first kappa shape index (κ1) is 15.8. The van der Waals surface area contributed by atoms with Gasteiger partial charge in [0.25, 0.3) is 15.6 Å². The van der Waals surface area contributed by atoms with Crippen LogP contribution in [0.1, 0.15) is 0 Å². The van der Waals surface area contributed by atoms with Crippen LogP contribution in [0, 0.1) is 0 Å². The van der Waals surface area contributed by atoms with Crippen LogP contribution in [0.25, 0.3) is 32.7 Å². The monoisotopic (exact) mass is 374 g/mol. The minimum Gasteiger partial charge on any atom is -0.321 e. The molecular formula is C21H14N2O3S. The van der Waals surface area contributed by atoms with E-state index < -0.39 is 10.0 Å². The first-order valence-corrected chi connectivity index (χ1v) is 9.88. The number of nitrogens with zero attached hydrogens (tertiary/aromatic N) is 1. The van der Waals surface area contributed by atoms with E-state index in [1.165, 1.54) is 3.97 Å². The second kappa shape index (κ2) is 5.56. The summed E-state index contributed by atoms with van der Waals surface area (Å²) in [5.41, 5.74) is 1.18. The number of pyridine rings is 1. The maximum atomic E-state index is 13.5. The SMILES string of the molecule is O=c1[nH]c2ccccc2c2c1c1ccccc1n2S(=O)(=O)c1ccccc1. The van der Waals surface area contributed by atoms with Crippen LogP contribution in [0.4, 0.5) is 0 Å². The van der Waals surface area contributed by atoms with Crippen molar-refractivity contribution in [2.24, 2.45) is 0 Å². The van der Waals surface area contributed by atoms with Gasteiger partial charge in [0.2, 0.25) is 0 Å². The molecule has 0 spiro atoms. The Kier molecular flexibility index (Phi) is 3.26. The molecule has 0 bridgehead atoms. The third-order valence-electron chi connectivity index (χ3n) is 4.77. The second-order valence-electron chi connectivity index (χ2n) is 6.32. The molecule has 5 nitrogen and oxygen atoms in total. The van der Waals surface area contributed by atoms with E-state index in [4.69, 9.17) is 0 Å². The summed E-state index contributed by atoms with van der Waals surface area (Å²) in [6, 6.07) is 22.6. The average Bonchev–Trinajstić information content (AvgIpc) is 3.05. The molecule has 0 fully saturated rings. The first-order valence-electron chi connectivity index (χ1n) is 8.44. The normalized spacial score (nSPS) is 12.1. The number of nitrogens with one attached hydrogen (secondary N) is 1. The Labute approximate surface area is 154 Å². The summed E-state index contributed by atoms with van der Waals surface area (Å²) in [6.07, 6.45) is 0. The molecule has 1 N–H and O–H groups in total. The molecule has 27 heavy (non-hydrogen) atoms. The molecule has 6 heteroatoms. The van der Waals surface area contributed by atoms with Gasteiger partial charge in [-0.25, -0.2) is 12.4 Å². The lowest BCUT2D eigenvalue weighted by atomic mass is 10.1. The van der Waals surface area contributed by atoms with Gasteiger partial charge in [0, 0.05) is 10.8 Å². The summed E-state index contributed by atoms with van der Waals surface area (Å²) in [5.74, 6) is 0. The average molecular weight is 374 g/mol. The van der Waals surface area contributed by atoms with Crippen molar-refractivity contribution in [2.45, 2.75) is 4.90 Å². The fraction of sp³-hybridized carbons (Fsp3) is 0. The van der Waals surface area contributed by atoms with Gasteiger partial charge in [-0.2, -0.15) is 0 Å². The zero-order valence-electron chi connectivity index (χ0n) is 14.1. The fourth-order valence-corrected chi connectivity index (χ4v) is 5.18. The quantitative estimate of drug-likeness (QED) is 0.510. The molecule has 0 aliphatic rings. The molecule has 0 aliphatic carbocycles. The Bertz CT molecular complexity index is 1500. The van der Waals surface area contributed by atoms with Crippen molar-refractivity contribution in [1.82, 2.24) is 8.96 Å². The van der Waals surface area contributed by atoms with Crippen molar-refractivity contribution in [3.05, 3.63) is 89.2 Å². The van der Waals surface area contributed by atoms with E-state index in [0.717, 1.165) is 0 Å². The highest BCUT2D eigenvalue weighted by Gasteiger charge is 2.25. The van der Waals surface area contributed by atoms with Crippen LogP contribution < -0.4 is 5.56 Å². The van der Waals surface area contributed by atoms with Crippen LogP contribution in [0.15, 0.2) is 88.6 Å². The molecule has 0 unspecified atom stereocenters. The fourth-order valence-electron chi connectivity index (χ4n) is 3.62. The van der Waals surface area contributed by atoms with Crippen molar-refractivity contribution < 1.29 is 8.42 Å². The Morgan fingerprint density at radius 2 is 1.37 bits per heavy atom. The summed E-state index contributed by atoms with van der Waals surface area (Å²) in [4.78, 5) is 15.9. The van der Waals surface area contributed by atoms with Gasteiger partial charge in [0.1, 0.15) is 0 Å². The highest BCUT2D eigenvalue weighted by Crippen LogP contribution is 2.34. The van der Waals surface area contributed by atoms with Gasteiger partial charge >= 0.3 is 0 Å². The Morgan fingerprint density at radius 1 is 0.741 bits per heavy atom. The lowest BCUT2D eigenvalue weighted by molar-refractivity contribution is 0.590. The van der Waals surface area contributed by atoms with Crippen LogP contribution in [0.3, 0.4) is 0 Å².